The highest BCUT2D eigenvalue weighted by atomic mass is 17.3. The van der Waals surface area contributed by atoms with Gasteiger partial charge in [0.2, 0.25) is 11.6 Å². The molecule has 0 aromatic rings. The Balaban J connectivity index is 1.00. The molecule has 2 spiro atoms. The molecule has 8 aliphatic heterocycles. The maximum Gasteiger partial charge on any atom is 0.408 e. The summed E-state index contributed by atoms with van der Waals surface area (Å²) in [5.41, 5.74) is -2.20. The van der Waals surface area contributed by atoms with E-state index in [1.54, 1.807) is 20.8 Å². The minimum Gasteiger partial charge on any atom is -0.456 e. The molecule has 0 radical (unpaired) electrons. The van der Waals surface area contributed by atoms with Crippen LogP contribution in [0.4, 0.5) is 4.79 Å². The highest BCUT2D eigenvalue weighted by Crippen LogP contribution is 2.61. The van der Waals surface area contributed by atoms with Crippen LogP contribution in [0.2, 0.25) is 0 Å². The molecule has 1 N–H and O–H groups in total. The Labute approximate surface area is 337 Å². The monoisotopic (exact) mass is 809 g/mol. The second-order valence-electron chi connectivity index (χ2n) is 20.1. The molecule has 324 valence electrons. The Hall–Kier alpha value is -1.66. The quantitative estimate of drug-likeness (QED) is 0.185. The second-order valence-corrected chi connectivity index (χ2v) is 20.1. The van der Waals surface area contributed by atoms with E-state index in [4.69, 9.17) is 57.4 Å². The number of carbonyl (C=O) groups is 2. The SMILES string of the molecule is CC(C)[C@H](NC(=O)OC(C)(C)C)C(=O)OC(CO[C@H]1OC2O[C@@]3(C)CC[C@H]4CCC[C@@H]([C@H]1C)[C@@]24OO3)CO[C@H]1O[C@@H]2O[C@@]3(C)CC[C@H]4[C@H](C)CC[C@@H]([C@H]1C)[C@@]24OO3. The van der Waals surface area contributed by atoms with E-state index in [-0.39, 0.29) is 54.6 Å². The molecule has 4 bridgehead atoms. The fourth-order valence-electron chi connectivity index (χ4n) is 11.5. The minimum absolute atomic E-state index is 0.0501. The zero-order valence-corrected chi connectivity index (χ0v) is 35.6. The summed E-state index contributed by atoms with van der Waals surface area (Å²) < 4.78 is 51.3. The molecule has 15 heteroatoms. The van der Waals surface area contributed by atoms with Crippen molar-refractivity contribution in [2.75, 3.05) is 13.2 Å². The van der Waals surface area contributed by atoms with E-state index < -0.39 is 77.7 Å². The number of fused-ring (bicyclic) bond motifs is 4. The van der Waals surface area contributed by atoms with Crippen LogP contribution in [-0.2, 0) is 62.2 Å². The van der Waals surface area contributed by atoms with Crippen molar-refractivity contribution in [3.8, 4) is 0 Å². The average Bonchev–Trinajstić information content (AvgIpc) is 3.51. The third kappa shape index (κ3) is 7.56. The molecule has 10 fully saturated rings. The fourth-order valence-corrected chi connectivity index (χ4v) is 11.5. The second kappa shape index (κ2) is 15.4. The number of nitrogens with one attached hydrogen (secondary N) is 1. The predicted octanol–water partition coefficient (Wildman–Crippen LogP) is 6.65. The normalized spacial score (nSPS) is 47.2. The first-order chi connectivity index (χ1) is 26.9. The van der Waals surface area contributed by atoms with Crippen LogP contribution in [0.15, 0.2) is 0 Å². The molecule has 10 aliphatic rings. The molecule has 0 aromatic carbocycles. The summed E-state index contributed by atoms with van der Waals surface area (Å²) in [4.78, 5) is 51.4. The molecule has 15 nitrogen and oxygen atoms in total. The Morgan fingerprint density at radius 1 is 0.737 bits per heavy atom. The summed E-state index contributed by atoms with van der Waals surface area (Å²) in [6, 6.07) is -0.988. The predicted molar refractivity (Wildman–Crippen MR) is 199 cm³/mol. The highest BCUT2D eigenvalue weighted by molar-refractivity contribution is 5.81. The van der Waals surface area contributed by atoms with Gasteiger partial charge < -0.3 is 43.2 Å². The zero-order chi connectivity index (χ0) is 40.7. The number of esters is 1. The van der Waals surface area contributed by atoms with Gasteiger partial charge in [0.15, 0.2) is 36.4 Å². The van der Waals surface area contributed by atoms with E-state index >= 15 is 0 Å². The number of amides is 1. The molecular weight excluding hydrogens is 742 g/mol. The van der Waals surface area contributed by atoms with Crippen molar-refractivity contribution in [2.45, 2.75) is 193 Å². The molecule has 1 amide bonds. The first-order valence-corrected chi connectivity index (χ1v) is 21.7. The standard InChI is InChI=1S/C42H67NO14/c1-22(2)31(43-37(45)53-38(6,7)8)32(44)48-27(20-46-33-24(4)29-13-11-12-26-16-18-39(9)51-35(49-33)41(26,29)56-54-39)21-47-34-25(5)30-15-14-23(3)28-17-19-40(10)52-36(50-34)42(28,30)57-55-40/h22-31,33-36H,11-21H2,1-10H3,(H,43,45)/t23-,24-,25-,26-,27?,28+,29+,30+,31+,33+,34+,35?,36-,39-,40-,41-,42-/m1/s1. The van der Waals surface area contributed by atoms with Gasteiger partial charge in [-0.3, -0.25) is 0 Å². The van der Waals surface area contributed by atoms with E-state index in [0.29, 0.717) is 18.8 Å². The molecule has 0 aromatic heterocycles. The molecular formula is C42H67NO14. The Morgan fingerprint density at radius 3 is 1.93 bits per heavy atom. The van der Waals surface area contributed by atoms with Crippen LogP contribution < -0.4 is 5.32 Å². The van der Waals surface area contributed by atoms with Gasteiger partial charge in [0.1, 0.15) is 17.7 Å². The summed E-state index contributed by atoms with van der Waals surface area (Å²) in [5, 5.41) is 2.71. The van der Waals surface area contributed by atoms with Gasteiger partial charge in [-0.1, -0.05) is 41.0 Å². The van der Waals surface area contributed by atoms with E-state index in [0.717, 1.165) is 44.9 Å². The number of hydrogen-bond donors (Lipinski definition) is 1. The lowest BCUT2D eigenvalue weighted by Gasteiger charge is -2.60. The molecule has 2 unspecified atom stereocenters. The van der Waals surface area contributed by atoms with Gasteiger partial charge in [0.25, 0.3) is 0 Å². The summed E-state index contributed by atoms with van der Waals surface area (Å²) in [6.45, 7) is 19.2. The molecule has 8 heterocycles. The van der Waals surface area contributed by atoms with Crippen molar-refractivity contribution in [3.63, 3.8) is 0 Å². The Morgan fingerprint density at radius 2 is 1.32 bits per heavy atom. The van der Waals surface area contributed by atoms with E-state index in [9.17, 15) is 9.59 Å². The van der Waals surface area contributed by atoms with Crippen molar-refractivity contribution in [1.29, 1.82) is 0 Å². The van der Waals surface area contributed by atoms with Crippen molar-refractivity contribution in [1.82, 2.24) is 5.32 Å². The fraction of sp³-hybridized carbons (Fsp3) is 0.952. The molecule has 57 heavy (non-hydrogen) atoms. The van der Waals surface area contributed by atoms with Gasteiger partial charge in [0.05, 0.1) is 13.2 Å². The zero-order valence-electron chi connectivity index (χ0n) is 35.6. The van der Waals surface area contributed by atoms with Crippen LogP contribution in [0.25, 0.3) is 0 Å². The first kappa shape index (κ1) is 42.0. The first-order valence-electron chi connectivity index (χ1n) is 21.7. The van der Waals surface area contributed by atoms with Crippen molar-refractivity contribution in [2.24, 2.45) is 47.3 Å². The van der Waals surface area contributed by atoms with Crippen LogP contribution in [0.1, 0.15) is 127 Å². The number of hydrogen-bond acceptors (Lipinski definition) is 14. The lowest BCUT2D eigenvalue weighted by molar-refractivity contribution is -0.577. The summed E-state index contributed by atoms with van der Waals surface area (Å²) in [5.74, 6) is -1.96. The van der Waals surface area contributed by atoms with Crippen LogP contribution in [0, 0.1) is 47.3 Å². The third-order valence-electron chi connectivity index (χ3n) is 14.5. The van der Waals surface area contributed by atoms with E-state index in [1.165, 1.54) is 0 Å². The summed E-state index contributed by atoms with van der Waals surface area (Å²) in [7, 11) is 0. The highest BCUT2D eigenvalue weighted by Gasteiger charge is 2.70. The van der Waals surface area contributed by atoms with Gasteiger partial charge in [-0.25, -0.2) is 29.1 Å². The third-order valence-corrected chi connectivity index (χ3v) is 14.5. The van der Waals surface area contributed by atoms with E-state index in [1.807, 2.05) is 27.7 Å². The van der Waals surface area contributed by atoms with Gasteiger partial charge in [0, 0.05) is 36.5 Å². The lowest BCUT2D eigenvalue weighted by Crippen LogP contribution is -2.70. The largest absolute Gasteiger partial charge is 0.456 e. The summed E-state index contributed by atoms with van der Waals surface area (Å²) >= 11 is 0. The Bertz CT molecular complexity index is 1490. The average molecular weight is 810 g/mol. The molecule has 2 saturated carbocycles. The van der Waals surface area contributed by atoms with E-state index in [2.05, 4.69) is 26.1 Å². The maximum atomic E-state index is 14.0. The smallest absolute Gasteiger partial charge is 0.408 e. The molecule has 10 rings (SSSR count). The molecule has 17 atom stereocenters. The van der Waals surface area contributed by atoms with Crippen molar-refractivity contribution >= 4 is 12.1 Å². The van der Waals surface area contributed by atoms with Gasteiger partial charge in [-0.15, -0.1) is 0 Å². The number of ether oxygens (including phenoxy) is 8. The van der Waals surface area contributed by atoms with Crippen LogP contribution in [-0.4, -0.2) is 91.0 Å². The van der Waals surface area contributed by atoms with Crippen LogP contribution in [0.5, 0.6) is 0 Å². The summed E-state index contributed by atoms with van der Waals surface area (Å²) in [6.07, 6.45) is 3.90. The number of rotatable bonds is 10. The van der Waals surface area contributed by atoms with Crippen molar-refractivity contribution < 1.29 is 67.0 Å². The van der Waals surface area contributed by atoms with Crippen molar-refractivity contribution in [3.05, 3.63) is 0 Å². The molecule has 8 saturated heterocycles. The lowest BCUT2D eigenvalue weighted by atomic mass is 9.58. The number of alkyl carbamates (subject to hydrolysis) is 1. The minimum atomic E-state index is -0.988. The van der Waals surface area contributed by atoms with Gasteiger partial charge in [-0.05, 0) is 96.8 Å². The Kier molecular flexibility index (Phi) is 11.3. The molecule has 2 aliphatic carbocycles. The van der Waals surface area contributed by atoms with Crippen LogP contribution in [0.3, 0.4) is 0 Å². The maximum absolute atomic E-state index is 14.0. The number of carbonyl (C=O) groups excluding carboxylic acids is 2. The topological polar surface area (TPSA) is 157 Å². The van der Waals surface area contributed by atoms with Gasteiger partial charge >= 0.3 is 12.1 Å². The van der Waals surface area contributed by atoms with Gasteiger partial charge in [-0.2, -0.15) is 0 Å². The van der Waals surface area contributed by atoms with Crippen LogP contribution >= 0.6 is 0 Å².